The lowest BCUT2D eigenvalue weighted by Crippen LogP contribution is -2.25. The van der Waals surface area contributed by atoms with E-state index in [1.54, 1.807) is 17.0 Å². The number of hydrogen-bond acceptors (Lipinski definition) is 5. The number of carbonyl (C=O) groups is 2. The first kappa shape index (κ1) is 22.2. The Morgan fingerprint density at radius 1 is 1.03 bits per heavy atom. The molecule has 2 heterocycles. The molecular formula is C23H23N3O4S2. The molecule has 0 unspecified atom stereocenters. The van der Waals surface area contributed by atoms with Gasteiger partial charge in [0.2, 0.25) is 15.9 Å². The number of nitrogens with one attached hydrogen (secondary N) is 2. The summed E-state index contributed by atoms with van der Waals surface area (Å²) in [5.74, 6) is -0.232. The fourth-order valence-corrected chi connectivity index (χ4v) is 5.25. The number of rotatable bonds is 8. The van der Waals surface area contributed by atoms with Crippen molar-refractivity contribution < 1.29 is 18.0 Å². The quantitative estimate of drug-likeness (QED) is 0.529. The molecule has 1 aliphatic heterocycles. The molecule has 9 heteroatoms. The average Bonchev–Trinajstić information content (AvgIpc) is 3.48. The Bertz CT molecular complexity index is 1210. The van der Waals surface area contributed by atoms with Gasteiger partial charge in [0.25, 0.3) is 5.91 Å². The summed E-state index contributed by atoms with van der Waals surface area (Å²) in [6.07, 6.45) is 1.45. The molecule has 0 atom stereocenters. The highest BCUT2D eigenvalue weighted by Crippen LogP contribution is 2.21. The second-order valence-corrected chi connectivity index (χ2v) is 10.2. The summed E-state index contributed by atoms with van der Waals surface area (Å²) in [7, 11) is -3.73. The lowest BCUT2D eigenvalue weighted by atomic mass is 10.1. The van der Waals surface area contributed by atoms with Gasteiger partial charge in [-0.15, -0.1) is 11.3 Å². The zero-order chi connectivity index (χ0) is 22.6. The Labute approximate surface area is 191 Å². The average molecular weight is 470 g/mol. The van der Waals surface area contributed by atoms with Crippen LogP contribution in [0.2, 0.25) is 0 Å². The molecule has 0 aliphatic carbocycles. The molecule has 1 aromatic heterocycles. The van der Waals surface area contributed by atoms with E-state index in [0.717, 1.165) is 29.1 Å². The Morgan fingerprint density at radius 3 is 2.53 bits per heavy atom. The van der Waals surface area contributed by atoms with Gasteiger partial charge in [-0.2, -0.15) is 0 Å². The Morgan fingerprint density at radius 2 is 1.84 bits per heavy atom. The van der Waals surface area contributed by atoms with Gasteiger partial charge in [0.15, 0.2) is 0 Å². The van der Waals surface area contributed by atoms with Crippen LogP contribution in [0.4, 0.5) is 5.69 Å². The first-order valence-corrected chi connectivity index (χ1v) is 12.6. The van der Waals surface area contributed by atoms with Crippen LogP contribution in [0.15, 0.2) is 70.9 Å². The van der Waals surface area contributed by atoms with Crippen molar-refractivity contribution in [2.75, 3.05) is 11.4 Å². The molecule has 1 saturated heterocycles. The van der Waals surface area contributed by atoms with Crippen LogP contribution in [0.1, 0.15) is 33.6 Å². The molecule has 7 nitrogen and oxygen atoms in total. The number of carbonyl (C=O) groups excluding carboxylic acids is 2. The molecule has 2 amide bonds. The van der Waals surface area contributed by atoms with Crippen molar-refractivity contribution in [2.45, 2.75) is 30.8 Å². The van der Waals surface area contributed by atoms with Crippen molar-refractivity contribution in [3.05, 3.63) is 82.0 Å². The van der Waals surface area contributed by atoms with Gasteiger partial charge >= 0.3 is 0 Å². The normalized spacial score (nSPS) is 14.0. The van der Waals surface area contributed by atoms with Gasteiger partial charge in [-0.3, -0.25) is 9.59 Å². The second kappa shape index (κ2) is 9.64. The Kier molecular flexibility index (Phi) is 6.69. The summed E-state index contributed by atoms with van der Waals surface area (Å²) in [5, 5.41) is 4.70. The first-order chi connectivity index (χ1) is 15.4. The van der Waals surface area contributed by atoms with Gasteiger partial charge < -0.3 is 10.2 Å². The van der Waals surface area contributed by atoms with Crippen molar-refractivity contribution in [1.82, 2.24) is 10.0 Å². The standard InChI is InChI=1S/C23H23N3O4S2/c27-22-7-2-12-26(22)19-10-8-17(9-11-19)15-24-23(28)18-4-1-6-21(14-18)32(29,30)25-16-20-5-3-13-31-20/h1,3-6,8-11,13-14,25H,2,7,12,15-16H2,(H,24,28). The molecule has 2 N–H and O–H groups in total. The minimum atomic E-state index is -3.73. The van der Waals surface area contributed by atoms with Gasteiger partial charge in [-0.25, -0.2) is 13.1 Å². The van der Waals surface area contributed by atoms with Gasteiger partial charge in [-0.05, 0) is 53.8 Å². The van der Waals surface area contributed by atoms with E-state index in [-0.39, 0.29) is 28.8 Å². The predicted molar refractivity (Wildman–Crippen MR) is 124 cm³/mol. The van der Waals surface area contributed by atoms with Crippen molar-refractivity contribution in [1.29, 1.82) is 0 Å². The number of benzene rings is 2. The van der Waals surface area contributed by atoms with E-state index >= 15 is 0 Å². The summed E-state index contributed by atoms with van der Waals surface area (Å²) in [5.41, 5.74) is 2.01. The molecule has 166 valence electrons. The van der Waals surface area contributed by atoms with E-state index in [1.165, 1.54) is 23.5 Å². The third-order valence-electron chi connectivity index (χ3n) is 5.20. The number of nitrogens with zero attached hydrogens (tertiary/aromatic N) is 1. The number of sulfonamides is 1. The highest BCUT2D eigenvalue weighted by molar-refractivity contribution is 7.89. The summed E-state index contributed by atoms with van der Waals surface area (Å²) in [4.78, 5) is 27.1. The third-order valence-corrected chi connectivity index (χ3v) is 7.47. The highest BCUT2D eigenvalue weighted by atomic mass is 32.2. The van der Waals surface area contributed by atoms with Crippen molar-refractivity contribution in [3.8, 4) is 0 Å². The molecule has 0 bridgehead atoms. The SMILES string of the molecule is O=C(NCc1ccc(N2CCCC2=O)cc1)c1cccc(S(=O)(=O)NCc2cccs2)c1. The van der Waals surface area contributed by atoms with Gasteiger partial charge in [0, 0.05) is 42.2 Å². The fourth-order valence-electron chi connectivity index (χ4n) is 3.47. The number of thiophene rings is 1. The van der Waals surface area contributed by atoms with E-state index in [4.69, 9.17) is 0 Å². The molecular weight excluding hydrogens is 446 g/mol. The zero-order valence-corrected chi connectivity index (χ0v) is 18.9. The van der Waals surface area contributed by atoms with Gasteiger partial charge in [0.1, 0.15) is 0 Å². The monoisotopic (exact) mass is 469 g/mol. The van der Waals surface area contributed by atoms with Crippen LogP contribution in [0.5, 0.6) is 0 Å². The molecule has 32 heavy (non-hydrogen) atoms. The van der Waals surface area contributed by atoms with Crippen molar-refractivity contribution in [2.24, 2.45) is 0 Å². The Hall–Kier alpha value is -3.01. The van der Waals surface area contributed by atoms with Crippen molar-refractivity contribution in [3.63, 3.8) is 0 Å². The Balaban J connectivity index is 1.37. The van der Waals surface area contributed by atoms with Crippen LogP contribution in [-0.2, 0) is 27.9 Å². The topological polar surface area (TPSA) is 95.6 Å². The van der Waals surface area contributed by atoms with Crippen LogP contribution >= 0.6 is 11.3 Å². The largest absolute Gasteiger partial charge is 0.348 e. The number of amides is 2. The van der Waals surface area contributed by atoms with Crippen LogP contribution < -0.4 is 14.9 Å². The summed E-state index contributed by atoms with van der Waals surface area (Å²) < 4.78 is 27.7. The third kappa shape index (κ3) is 5.24. The van der Waals surface area contributed by atoms with E-state index in [1.807, 2.05) is 41.8 Å². The molecule has 2 aromatic carbocycles. The molecule has 0 saturated carbocycles. The van der Waals surface area contributed by atoms with Crippen LogP contribution in [0.3, 0.4) is 0 Å². The van der Waals surface area contributed by atoms with Crippen molar-refractivity contribution >= 4 is 38.9 Å². The molecule has 4 rings (SSSR count). The molecule has 0 spiro atoms. The maximum Gasteiger partial charge on any atom is 0.251 e. The molecule has 1 aliphatic rings. The van der Waals surface area contributed by atoms with E-state index < -0.39 is 10.0 Å². The molecule has 3 aromatic rings. The maximum atomic E-state index is 12.6. The zero-order valence-electron chi connectivity index (χ0n) is 17.3. The lowest BCUT2D eigenvalue weighted by Gasteiger charge is -2.16. The fraction of sp³-hybridized carbons (Fsp3) is 0.217. The predicted octanol–water partition coefficient (Wildman–Crippen LogP) is 3.28. The van der Waals surface area contributed by atoms with E-state index in [2.05, 4.69) is 10.0 Å². The number of anilines is 1. The lowest BCUT2D eigenvalue weighted by molar-refractivity contribution is -0.117. The first-order valence-electron chi connectivity index (χ1n) is 10.2. The second-order valence-electron chi connectivity index (χ2n) is 7.43. The summed E-state index contributed by atoms with van der Waals surface area (Å²) >= 11 is 1.47. The van der Waals surface area contributed by atoms with E-state index in [9.17, 15) is 18.0 Å². The van der Waals surface area contributed by atoms with Crippen LogP contribution in [-0.4, -0.2) is 26.8 Å². The molecule has 1 fully saturated rings. The minimum absolute atomic E-state index is 0.0429. The maximum absolute atomic E-state index is 12.6. The van der Waals surface area contributed by atoms with E-state index in [0.29, 0.717) is 13.0 Å². The summed E-state index contributed by atoms with van der Waals surface area (Å²) in [6, 6.07) is 17.2. The number of hydrogen-bond donors (Lipinski definition) is 2. The summed E-state index contributed by atoms with van der Waals surface area (Å²) in [6.45, 7) is 1.23. The molecule has 0 radical (unpaired) electrons. The van der Waals surface area contributed by atoms with Gasteiger partial charge in [-0.1, -0.05) is 24.3 Å². The van der Waals surface area contributed by atoms with Gasteiger partial charge in [0.05, 0.1) is 4.90 Å². The van der Waals surface area contributed by atoms with Crippen LogP contribution in [0, 0.1) is 0 Å². The smallest absolute Gasteiger partial charge is 0.251 e. The minimum Gasteiger partial charge on any atom is -0.348 e. The highest BCUT2D eigenvalue weighted by Gasteiger charge is 2.21. The van der Waals surface area contributed by atoms with Crippen LogP contribution in [0.25, 0.3) is 0 Å².